The molecule has 0 amide bonds. The predicted octanol–water partition coefficient (Wildman–Crippen LogP) is 4.83. The van der Waals surface area contributed by atoms with Gasteiger partial charge in [0.25, 0.3) is 10.0 Å². The lowest BCUT2D eigenvalue weighted by Crippen LogP contribution is -2.30. The van der Waals surface area contributed by atoms with Crippen molar-refractivity contribution < 1.29 is 13.5 Å². The van der Waals surface area contributed by atoms with Crippen molar-refractivity contribution in [3.05, 3.63) is 58.3 Å². The van der Waals surface area contributed by atoms with Gasteiger partial charge in [-0.25, -0.2) is 13.1 Å². The third-order valence-electron chi connectivity index (χ3n) is 5.47. The van der Waals surface area contributed by atoms with Crippen LogP contribution in [0, 0.1) is 17.2 Å². The predicted molar refractivity (Wildman–Crippen MR) is 138 cm³/mol. The van der Waals surface area contributed by atoms with Crippen LogP contribution in [0.2, 0.25) is 0 Å². The van der Waals surface area contributed by atoms with Crippen LogP contribution in [0.25, 0.3) is 27.3 Å². The molecule has 174 valence electrons. The minimum Gasteiger partial charge on any atom is -0.396 e. The number of allylic oxidation sites excluding steroid dienone is 1. The lowest BCUT2D eigenvalue weighted by molar-refractivity contribution is 0.239. The molecule has 0 bridgehead atoms. The number of aliphatic hydroxyl groups is 1. The number of hydrogen-bond acceptors (Lipinski definition) is 6. The normalized spacial score (nSPS) is 13.1. The fourth-order valence-electron chi connectivity index (χ4n) is 3.45. The third-order valence-corrected chi connectivity index (χ3v) is 7.89. The number of thiophene rings is 1. The second kappa shape index (κ2) is 10.9. The van der Waals surface area contributed by atoms with Crippen molar-refractivity contribution in [2.75, 3.05) is 31.1 Å². The van der Waals surface area contributed by atoms with Gasteiger partial charge in [0.15, 0.2) is 4.91 Å². The molecule has 8 heteroatoms. The van der Waals surface area contributed by atoms with Crippen molar-refractivity contribution in [3.8, 4) is 16.5 Å². The molecule has 0 spiro atoms. The average Bonchev–Trinajstić information content (AvgIpc) is 3.30. The second-order valence-corrected chi connectivity index (χ2v) is 10.7. The van der Waals surface area contributed by atoms with Gasteiger partial charge < -0.3 is 10.0 Å². The van der Waals surface area contributed by atoms with Crippen LogP contribution in [0.15, 0.2) is 53.4 Å². The van der Waals surface area contributed by atoms with Crippen LogP contribution in [-0.4, -0.2) is 39.8 Å². The number of hydrogen-bond donors (Lipinski definition) is 2. The minimum atomic E-state index is -3.93. The topological polar surface area (TPSA) is 93.4 Å². The highest BCUT2D eigenvalue weighted by molar-refractivity contribution is 7.93. The molecule has 0 fully saturated rings. The van der Waals surface area contributed by atoms with Gasteiger partial charge in [0, 0.05) is 41.7 Å². The maximum Gasteiger partial charge on any atom is 0.250 e. The first-order valence-electron chi connectivity index (χ1n) is 10.9. The number of anilines is 1. The SMILES string of the molecule is CCN(CC)c1ccc2cc(-c3ccc(/C=C(\C#N)S(=O)(=O)NCC(C)CO)s3)ccc2c1. The fourth-order valence-corrected chi connectivity index (χ4v) is 5.53. The summed E-state index contributed by atoms with van der Waals surface area (Å²) in [5, 5.41) is 20.8. The molecule has 1 heterocycles. The lowest BCUT2D eigenvalue weighted by atomic mass is 10.0. The Hall–Kier alpha value is -2.70. The Morgan fingerprint density at radius 1 is 1.15 bits per heavy atom. The first kappa shape index (κ1) is 24.9. The van der Waals surface area contributed by atoms with E-state index in [0.717, 1.165) is 28.9 Å². The molecule has 2 N–H and O–H groups in total. The van der Waals surface area contributed by atoms with Gasteiger partial charge >= 0.3 is 0 Å². The van der Waals surface area contributed by atoms with E-state index in [4.69, 9.17) is 5.11 Å². The van der Waals surface area contributed by atoms with E-state index in [1.807, 2.05) is 12.1 Å². The molecule has 0 radical (unpaired) electrons. The van der Waals surface area contributed by atoms with Crippen LogP contribution in [-0.2, 0) is 10.0 Å². The molecule has 2 aromatic carbocycles. The number of nitriles is 1. The van der Waals surface area contributed by atoms with E-state index in [9.17, 15) is 13.7 Å². The number of sulfonamides is 1. The summed E-state index contributed by atoms with van der Waals surface area (Å²) in [6.45, 7) is 7.87. The summed E-state index contributed by atoms with van der Waals surface area (Å²) in [5.41, 5.74) is 2.25. The highest BCUT2D eigenvalue weighted by Crippen LogP contribution is 2.33. The number of benzene rings is 2. The number of aliphatic hydroxyl groups excluding tert-OH is 1. The summed E-state index contributed by atoms with van der Waals surface area (Å²) in [7, 11) is -3.93. The minimum absolute atomic E-state index is 0.0701. The Kier molecular flexibility index (Phi) is 8.27. The van der Waals surface area contributed by atoms with Gasteiger partial charge in [0.2, 0.25) is 0 Å². The van der Waals surface area contributed by atoms with E-state index >= 15 is 0 Å². The Bertz CT molecular complexity index is 1290. The van der Waals surface area contributed by atoms with E-state index in [2.05, 4.69) is 59.9 Å². The number of fused-ring (bicyclic) bond motifs is 1. The zero-order chi connectivity index (χ0) is 24.0. The third kappa shape index (κ3) is 6.01. The molecular weight excluding hydrogens is 454 g/mol. The highest BCUT2D eigenvalue weighted by Gasteiger charge is 2.19. The van der Waals surface area contributed by atoms with Gasteiger partial charge in [-0.3, -0.25) is 0 Å². The lowest BCUT2D eigenvalue weighted by Gasteiger charge is -2.21. The van der Waals surface area contributed by atoms with Gasteiger partial charge in [-0.1, -0.05) is 25.1 Å². The van der Waals surface area contributed by atoms with Crippen LogP contribution in [0.5, 0.6) is 0 Å². The summed E-state index contributed by atoms with van der Waals surface area (Å²) in [6, 6.07) is 18.3. The molecule has 0 saturated heterocycles. The zero-order valence-electron chi connectivity index (χ0n) is 19.1. The van der Waals surface area contributed by atoms with E-state index in [-0.39, 0.29) is 24.0 Å². The Morgan fingerprint density at radius 3 is 2.52 bits per heavy atom. The molecule has 0 aliphatic heterocycles. The van der Waals surface area contributed by atoms with E-state index in [1.54, 1.807) is 13.0 Å². The van der Waals surface area contributed by atoms with Crippen LogP contribution in [0.4, 0.5) is 5.69 Å². The van der Waals surface area contributed by atoms with Gasteiger partial charge in [-0.05, 0) is 72.5 Å². The summed E-state index contributed by atoms with van der Waals surface area (Å²) in [4.78, 5) is 3.64. The van der Waals surface area contributed by atoms with Crippen molar-refractivity contribution in [1.82, 2.24) is 4.72 Å². The number of rotatable bonds is 10. The maximum absolute atomic E-state index is 12.4. The number of nitrogens with one attached hydrogen (secondary N) is 1. The van der Waals surface area contributed by atoms with Crippen molar-refractivity contribution in [3.63, 3.8) is 0 Å². The zero-order valence-corrected chi connectivity index (χ0v) is 20.7. The number of nitrogens with zero attached hydrogens (tertiary/aromatic N) is 2. The summed E-state index contributed by atoms with van der Waals surface area (Å²) in [5.74, 6) is -0.232. The van der Waals surface area contributed by atoms with Crippen molar-refractivity contribution in [2.24, 2.45) is 5.92 Å². The fraction of sp³-hybridized carbons (Fsp3) is 0.320. The first-order chi connectivity index (χ1) is 15.8. The molecule has 33 heavy (non-hydrogen) atoms. The quantitative estimate of drug-likeness (QED) is 0.403. The molecular formula is C25H29N3O3S2. The first-order valence-corrected chi connectivity index (χ1v) is 13.2. The van der Waals surface area contributed by atoms with Gasteiger partial charge in [-0.15, -0.1) is 11.3 Å². The molecule has 0 aliphatic carbocycles. The van der Waals surface area contributed by atoms with E-state index in [1.165, 1.54) is 28.5 Å². The maximum atomic E-state index is 12.4. The van der Waals surface area contributed by atoms with Crippen LogP contribution in [0.3, 0.4) is 0 Å². The monoisotopic (exact) mass is 483 g/mol. The Morgan fingerprint density at radius 2 is 1.85 bits per heavy atom. The summed E-state index contributed by atoms with van der Waals surface area (Å²) in [6.07, 6.45) is 1.39. The molecule has 3 rings (SSSR count). The molecule has 0 saturated carbocycles. The highest BCUT2D eigenvalue weighted by atomic mass is 32.2. The standard InChI is InChI=1S/C25H29N3O3S2/c1-4-28(5-2)22-9-8-19-12-21(7-6-20(19)13-22)25-11-10-23(32-25)14-24(15-26)33(30,31)27-16-18(3)17-29/h6-14,18,27,29H,4-5,16-17H2,1-3H3/b24-14+. The van der Waals surface area contributed by atoms with Crippen LogP contribution < -0.4 is 9.62 Å². The average molecular weight is 484 g/mol. The van der Waals surface area contributed by atoms with Gasteiger partial charge in [0.1, 0.15) is 6.07 Å². The van der Waals surface area contributed by atoms with Gasteiger partial charge in [0.05, 0.1) is 0 Å². The second-order valence-electron chi connectivity index (χ2n) is 7.88. The molecule has 1 aromatic heterocycles. The van der Waals surface area contributed by atoms with E-state index in [0.29, 0.717) is 4.88 Å². The molecule has 3 aromatic rings. The van der Waals surface area contributed by atoms with Crippen molar-refractivity contribution in [1.29, 1.82) is 5.26 Å². The van der Waals surface area contributed by atoms with Crippen LogP contribution >= 0.6 is 11.3 Å². The molecule has 1 atom stereocenters. The summed E-state index contributed by atoms with van der Waals surface area (Å²) < 4.78 is 27.3. The van der Waals surface area contributed by atoms with Crippen molar-refractivity contribution >= 4 is 43.9 Å². The summed E-state index contributed by atoms with van der Waals surface area (Å²) >= 11 is 1.43. The largest absolute Gasteiger partial charge is 0.396 e. The molecule has 6 nitrogen and oxygen atoms in total. The Balaban J connectivity index is 1.85. The Labute approximate surface area is 199 Å². The van der Waals surface area contributed by atoms with Gasteiger partial charge in [-0.2, -0.15) is 5.26 Å². The van der Waals surface area contributed by atoms with Crippen molar-refractivity contribution in [2.45, 2.75) is 20.8 Å². The molecule has 0 aliphatic rings. The van der Waals surface area contributed by atoms with Crippen LogP contribution in [0.1, 0.15) is 25.6 Å². The van der Waals surface area contributed by atoms with E-state index < -0.39 is 10.0 Å². The smallest absolute Gasteiger partial charge is 0.250 e. The molecule has 1 unspecified atom stereocenters.